The largest absolute Gasteiger partial charge is 0.337 e. The third-order valence-corrected chi connectivity index (χ3v) is 5.73. The number of nitrogens with zero attached hydrogens (tertiary/aromatic N) is 5. The third kappa shape index (κ3) is 3.67. The smallest absolute Gasteiger partial charge is 0.269 e. The molecule has 4 aromatic rings. The maximum Gasteiger partial charge on any atom is 0.269 e. The Morgan fingerprint density at radius 3 is 2.80 bits per heavy atom. The summed E-state index contributed by atoms with van der Waals surface area (Å²) in [7, 11) is 1.70. The van der Waals surface area contributed by atoms with E-state index in [1.54, 1.807) is 29.6 Å². The van der Waals surface area contributed by atoms with Gasteiger partial charge in [-0.05, 0) is 24.6 Å². The third-order valence-electron chi connectivity index (χ3n) is 5.15. The number of imidazole rings is 1. The van der Waals surface area contributed by atoms with Crippen LogP contribution in [0.3, 0.4) is 0 Å². The topological polar surface area (TPSA) is 94.2 Å². The zero-order valence-corrected chi connectivity index (χ0v) is 17.2. The Morgan fingerprint density at radius 2 is 2.07 bits per heavy atom. The second-order valence-corrected chi connectivity index (χ2v) is 7.64. The number of hydrogen-bond acceptors (Lipinski definition) is 6. The summed E-state index contributed by atoms with van der Waals surface area (Å²) in [6.07, 6.45) is 0. The van der Waals surface area contributed by atoms with Crippen LogP contribution in [0, 0.1) is 10.1 Å². The fourth-order valence-electron chi connectivity index (χ4n) is 3.34. The molecule has 0 fully saturated rings. The van der Waals surface area contributed by atoms with E-state index >= 15 is 0 Å². The number of carbonyl (C=O) groups is 1. The molecule has 1 atom stereocenters. The first-order valence-electron chi connectivity index (χ1n) is 9.29. The molecular weight excluding hydrogens is 402 g/mol. The van der Waals surface area contributed by atoms with Gasteiger partial charge in [-0.1, -0.05) is 24.3 Å². The minimum Gasteiger partial charge on any atom is -0.337 e. The van der Waals surface area contributed by atoms with Crippen molar-refractivity contribution in [2.24, 2.45) is 0 Å². The highest BCUT2D eigenvalue weighted by molar-refractivity contribution is 7.07. The molecule has 2 aromatic carbocycles. The second kappa shape index (κ2) is 8.03. The second-order valence-electron chi connectivity index (χ2n) is 6.92. The Bertz CT molecular complexity index is 1220. The molecule has 0 aliphatic heterocycles. The molecule has 0 saturated heterocycles. The summed E-state index contributed by atoms with van der Waals surface area (Å²) in [5.41, 5.74) is 4.81. The van der Waals surface area contributed by atoms with Crippen LogP contribution in [-0.4, -0.2) is 37.3 Å². The van der Waals surface area contributed by atoms with E-state index in [1.165, 1.54) is 23.5 Å². The first kappa shape index (κ1) is 19.7. The van der Waals surface area contributed by atoms with Gasteiger partial charge in [0.05, 0.1) is 27.5 Å². The molecule has 0 saturated carbocycles. The number of para-hydroxylation sites is 2. The molecule has 0 spiro atoms. The van der Waals surface area contributed by atoms with Crippen molar-refractivity contribution in [2.75, 3.05) is 7.05 Å². The van der Waals surface area contributed by atoms with E-state index in [0.717, 1.165) is 16.7 Å². The first-order valence-corrected chi connectivity index (χ1v) is 10.2. The molecule has 0 unspecified atom stereocenters. The summed E-state index contributed by atoms with van der Waals surface area (Å²) >= 11 is 1.47. The van der Waals surface area contributed by atoms with Crippen LogP contribution in [0.2, 0.25) is 0 Å². The lowest BCUT2D eigenvalue weighted by Crippen LogP contribution is -2.32. The molecule has 2 aromatic heterocycles. The van der Waals surface area contributed by atoms with E-state index in [1.807, 2.05) is 41.1 Å². The summed E-state index contributed by atoms with van der Waals surface area (Å²) in [6.45, 7) is 1.94. The van der Waals surface area contributed by atoms with Crippen LogP contribution < -0.4 is 0 Å². The average Bonchev–Trinajstić information content (AvgIpc) is 3.41. The van der Waals surface area contributed by atoms with Gasteiger partial charge in [0.25, 0.3) is 5.69 Å². The van der Waals surface area contributed by atoms with Crippen LogP contribution in [0.5, 0.6) is 0 Å². The lowest BCUT2D eigenvalue weighted by molar-refractivity contribution is -0.384. The fraction of sp³-hybridized carbons (Fsp3) is 0.190. The van der Waals surface area contributed by atoms with Gasteiger partial charge in [0, 0.05) is 24.6 Å². The summed E-state index contributed by atoms with van der Waals surface area (Å²) in [5.74, 6) is 0.510. The van der Waals surface area contributed by atoms with Gasteiger partial charge in [0.2, 0.25) is 5.91 Å². The Kier molecular flexibility index (Phi) is 5.28. The van der Waals surface area contributed by atoms with Crippen molar-refractivity contribution >= 4 is 34.0 Å². The monoisotopic (exact) mass is 421 g/mol. The number of thiazole rings is 1. The van der Waals surface area contributed by atoms with Crippen molar-refractivity contribution in [3.8, 4) is 11.5 Å². The molecule has 0 aliphatic rings. The SMILES string of the molecule is C[C@H](c1cccc([N+](=O)[O-])c1)N(C)C(=O)Cn1c(-c2cscn2)nc2ccccc21. The Morgan fingerprint density at radius 1 is 1.27 bits per heavy atom. The fourth-order valence-corrected chi connectivity index (χ4v) is 3.87. The summed E-state index contributed by atoms with van der Waals surface area (Å²) in [4.78, 5) is 34.4. The molecule has 8 nitrogen and oxygen atoms in total. The first-order chi connectivity index (χ1) is 14.5. The highest BCUT2D eigenvalue weighted by Gasteiger charge is 2.22. The van der Waals surface area contributed by atoms with Gasteiger partial charge in [0.15, 0.2) is 5.82 Å². The number of amides is 1. The number of fused-ring (bicyclic) bond motifs is 1. The number of aromatic nitrogens is 3. The predicted molar refractivity (Wildman–Crippen MR) is 115 cm³/mol. The van der Waals surface area contributed by atoms with Crippen LogP contribution >= 0.6 is 11.3 Å². The van der Waals surface area contributed by atoms with Gasteiger partial charge in [-0.2, -0.15) is 0 Å². The van der Waals surface area contributed by atoms with Crippen LogP contribution in [0.1, 0.15) is 18.5 Å². The number of rotatable bonds is 6. The molecule has 152 valence electrons. The van der Waals surface area contributed by atoms with Crippen molar-refractivity contribution in [2.45, 2.75) is 19.5 Å². The number of likely N-dealkylation sites (N-methyl/N-ethyl adjacent to an activating group) is 1. The van der Waals surface area contributed by atoms with Gasteiger partial charge in [-0.25, -0.2) is 9.97 Å². The lowest BCUT2D eigenvalue weighted by Gasteiger charge is -2.26. The summed E-state index contributed by atoms with van der Waals surface area (Å²) in [5, 5.41) is 13.0. The predicted octanol–water partition coefficient (Wildman–Crippen LogP) is 4.29. The van der Waals surface area contributed by atoms with E-state index in [2.05, 4.69) is 9.97 Å². The Balaban J connectivity index is 1.64. The standard InChI is InChI=1S/C21H19N5O3S/c1-14(15-6-5-7-16(10-15)26(28)29)24(2)20(27)11-25-19-9-4-3-8-17(19)23-21(25)18-12-30-13-22-18/h3-10,12-14H,11H2,1-2H3/t14-/m1/s1. The van der Waals surface area contributed by atoms with Gasteiger partial charge >= 0.3 is 0 Å². The normalized spacial score (nSPS) is 12.1. The molecular formula is C21H19N5O3S. The highest BCUT2D eigenvalue weighted by atomic mass is 32.1. The van der Waals surface area contributed by atoms with Crippen LogP contribution in [0.25, 0.3) is 22.6 Å². The maximum absolute atomic E-state index is 13.1. The van der Waals surface area contributed by atoms with Crippen molar-refractivity contribution in [1.82, 2.24) is 19.4 Å². The number of nitro benzene ring substituents is 1. The van der Waals surface area contributed by atoms with E-state index in [0.29, 0.717) is 11.4 Å². The minimum absolute atomic E-state index is 0.00613. The quantitative estimate of drug-likeness (QED) is 0.342. The van der Waals surface area contributed by atoms with Crippen molar-refractivity contribution in [3.63, 3.8) is 0 Å². The van der Waals surface area contributed by atoms with Gasteiger partial charge in [0.1, 0.15) is 12.2 Å². The number of hydrogen-bond donors (Lipinski definition) is 0. The lowest BCUT2D eigenvalue weighted by atomic mass is 10.1. The van der Waals surface area contributed by atoms with Gasteiger partial charge < -0.3 is 9.47 Å². The zero-order chi connectivity index (χ0) is 21.3. The number of nitro groups is 1. The molecule has 30 heavy (non-hydrogen) atoms. The van der Waals surface area contributed by atoms with Gasteiger partial charge in [-0.3, -0.25) is 14.9 Å². The molecule has 0 N–H and O–H groups in total. The number of carbonyl (C=O) groups excluding carboxylic acids is 1. The minimum atomic E-state index is -0.435. The molecule has 4 rings (SSSR count). The van der Waals surface area contributed by atoms with Crippen molar-refractivity contribution < 1.29 is 9.72 Å². The van der Waals surface area contributed by atoms with E-state index in [9.17, 15) is 14.9 Å². The van der Waals surface area contributed by atoms with Crippen LogP contribution in [-0.2, 0) is 11.3 Å². The van der Waals surface area contributed by atoms with E-state index in [4.69, 9.17) is 0 Å². The summed E-state index contributed by atoms with van der Waals surface area (Å²) < 4.78 is 1.86. The van der Waals surface area contributed by atoms with E-state index in [-0.39, 0.29) is 24.2 Å². The van der Waals surface area contributed by atoms with Crippen LogP contribution in [0.4, 0.5) is 5.69 Å². The van der Waals surface area contributed by atoms with Crippen LogP contribution in [0.15, 0.2) is 59.4 Å². The molecule has 0 aliphatic carbocycles. The molecule has 0 radical (unpaired) electrons. The molecule has 1 amide bonds. The van der Waals surface area contributed by atoms with E-state index < -0.39 is 4.92 Å². The van der Waals surface area contributed by atoms with Gasteiger partial charge in [-0.15, -0.1) is 11.3 Å². The average molecular weight is 421 g/mol. The zero-order valence-electron chi connectivity index (χ0n) is 16.4. The highest BCUT2D eigenvalue weighted by Crippen LogP contribution is 2.27. The molecule has 9 heteroatoms. The number of non-ortho nitro benzene ring substituents is 1. The van der Waals surface area contributed by atoms with Crippen molar-refractivity contribution in [3.05, 3.63) is 75.1 Å². The summed E-state index contributed by atoms with van der Waals surface area (Å²) in [6, 6.07) is 13.7. The Labute approximate surface area is 176 Å². The maximum atomic E-state index is 13.1. The Hall–Kier alpha value is -3.59. The molecule has 0 bridgehead atoms. The number of benzene rings is 2. The molecule has 2 heterocycles. The van der Waals surface area contributed by atoms with Crippen molar-refractivity contribution in [1.29, 1.82) is 0 Å².